The van der Waals surface area contributed by atoms with E-state index in [4.69, 9.17) is 5.11 Å². The van der Waals surface area contributed by atoms with Crippen LogP contribution in [0.1, 0.15) is 23.4 Å². The van der Waals surface area contributed by atoms with Gasteiger partial charge in [0.15, 0.2) is 0 Å². The number of aliphatic carboxylic acids is 1. The minimum atomic E-state index is -0.794. The Kier molecular flexibility index (Phi) is 2.24. The molecule has 3 nitrogen and oxygen atoms in total. The molecular weight excluding hydrogens is 162 g/mol. The summed E-state index contributed by atoms with van der Waals surface area (Å²) in [6.07, 6.45) is 0. The van der Waals surface area contributed by atoms with Crippen LogP contribution in [0, 0.1) is 6.92 Å². The zero-order valence-corrected chi connectivity index (χ0v) is 7.18. The van der Waals surface area contributed by atoms with Gasteiger partial charge < -0.3 is 5.11 Å². The third-order valence-electron chi connectivity index (χ3n) is 1.55. The van der Waals surface area contributed by atoms with Crippen molar-refractivity contribution in [3.05, 3.63) is 16.1 Å². The van der Waals surface area contributed by atoms with Crippen LogP contribution in [0.2, 0.25) is 0 Å². The Hall–Kier alpha value is -0.900. The molecule has 0 spiro atoms. The van der Waals surface area contributed by atoms with Gasteiger partial charge in [0.25, 0.3) is 0 Å². The second-order valence-corrected chi connectivity index (χ2v) is 3.25. The van der Waals surface area contributed by atoms with Gasteiger partial charge in [-0.25, -0.2) is 4.98 Å². The van der Waals surface area contributed by atoms with Crippen molar-refractivity contribution in [2.24, 2.45) is 0 Å². The number of aryl methyl sites for hydroxylation is 1. The van der Waals surface area contributed by atoms with E-state index in [2.05, 4.69) is 4.98 Å². The number of carboxylic acids is 1. The summed E-state index contributed by atoms with van der Waals surface area (Å²) >= 11 is 1.39. The Morgan fingerprint density at radius 1 is 1.82 bits per heavy atom. The fourth-order valence-electron chi connectivity index (χ4n) is 0.839. The number of carbonyl (C=O) groups is 1. The van der Waals surface area contributed by atoms with E-state index >= 15 is 0 Å². The maximum Gasteiger partial charge on any atom is 0.311 e. The minimum Gasteiger partial charge on any atom is -0.481 e. The summed E-state index contributed by atoms with van der Waals surface area (Å²) < 4.78 is 0. The lowest BCUT2D eigenvalue weighted by Gasteiger charge is -2.01. The van der Waals surface area contributed by atoms with Crippen LogP contribution in [0.3, 0.4) is 0 Å². The molecule has 1 rings (SSSR count). The third kappa shape index (κ3) is 1.57. The molecule has 0 aliphatic carbocycles. The maximum atomic E-state index is 10.5. The van der Waals surface area contributed by atoms with E-state index in [0.717, 1.165) is 10.6 Å². The molecular formula is C7H9NO2S. The Morgan fingerprint density at radius 3 is 2.82 bits per heavy atom. The van der Waals surface area contributed by atoms with Gasteiger partial charge in [0.1, 0.15) is 0 Å². The van der Waals surface area contributed by atoms with Crippen molar-refractivity contribution >= 4 is 17.3 Å². The number of hydrogen-bond donors (Lipinski definition) is 1. The first-order valence-corrected chi connectivity index (χ1v) is 4.13. The van der Waals surface area contributed by atoms with Crippen LogP contribution in [-0.4, -0.2) is 16.1 Å². The largest absolute Gasteiger partial charge is 0.481 e. The Morgan fingerprint density at radius 2 is 2.45 bits per heavy atom. The molecule has 1 atom stereocenters. The molecule has 0 bridgehead atoms. The Balaban J connectivity index is 2.92. The highest BCUT2D eigenvalue weighted by atomic mass is 32.1. The number of nitrogens with zero attached hydrogens (tertiary/aromatic N) is 1. The molecule has 1 aromatic rings. The van der Waals surface area contributed by atoms with Gasteiger partial charge in [0.05, 0.1) is 17.1 Å². The van der Waals surface area contributed by atoms with Crippen LogP contribution in [0.15, 0.2) is 5.51 Å². The summed E-state index contributed by atoms with van der Waals surface area (Å²) in [7, 11) is 0. The quantitative estimate of drug-likeness (QED) is 0.735. The van der Waals surface area contributed by atoms with Crippen molar-refractivity contribution in [1.82, 2.24) is 4.98 Å². The van der Waals surface area contributed by atoms with Gasteiger partial charge in [0.2, 0.25) is 0 Å². The summed E-state index contributed by atoms with van der Waals surface area (Å²) in [6, 6.07) is 0. The van der Waals surface area contributed by atoms with Crippen molar-refractivity contribution in [3.63, 3.8) is 0 Å². The molecule has 1 aromatic heterocycles. The number of aromatic nitrogens is 1. The average molecular weight is 171 g/mol. The number of hydrogen-bond acceptors (Lipinski definition) is 3. The molecule has 0 fully saturated rings. The number of carboxylic acid groups (broad SMARTS) is 1. The van der Waals surface area contributed by atoms with Crippen LogP contribution in [-0.2, 0) is 4.79 Å². The predicted molar refractivity (Wildman–Crippen MR) is 42.9 cm³/mol. The van der Waals surface area contributed by atoms with Crippen molar-refractivity contribution in [2.45, 2.75) is 19.8 Å². The maximum absolute atomic E-state index is 10.5. The number of thiazole rings is 1. The molecule has 1 unspecified atom stereocenters. The summed E-state index contributed by atoms with van der Waals surface area (Å²) in [5.74, 6) is -1.22. The molecule has 0 aliphatic rings. The van der Waals surface area contributed by atoms with Crippen LogP contribution >= 0.6 is 11.3 Å². The van der Waals surface area contributed by atoms with Gasteiger partial charge in [0, 0.05) is 4.88 Å². The third-order valence-corrected chi connectivity index (χ3v) is 2.66. The van der Waals surface area contributed by atoms with Crippen molar-refractivity contribution in [2.75, 3.05) is 0 Å². The molecule has 0 saturated carbocycles. The van der Waals surface area contributed by atoms with Gasteiger partial charge in [-0.2, -0.15) is 0 Å². The van der Waals surface area contributed by atoms with E-state index < -0.39 is 11.9 Å². The number of rotatable bonds is 2. The molecule has 1 N–H and O–H groups in total. The Bertz CT molecular complexity index is 269. The van der Waals surface area contributed by atoms with Crippen molar-refractivity contribution in [1.29, 1.82) is 0 Å². The first-order chi connectivity index (χ1) is 5.13. The first kappa shape index (κ1) is 8.20. The molecule has 0 radical (unpaired) electrons. The van der Waals surface area contributed by atoms with Crippen LogP contribution in [0.25, 0.3) is 0 Å². The molecule has 60 valence electrons. The van der Waals surface area contributed by atoms with Crippen LogP contribution in [0.5, 0.6) is 0 Å². The Labute approximate surface area is 68.7 Å². The van der Waals surface area contributed by atoms with E-state index in [9.17, 15) is 4.79 Å². The molecule has 0 amide bonds. The standard InChI is InChI=1S/C7H9NO2S/c1-4(7(9)10)6-5(2)8-3-11-6/h3-4H,1-2H3,(H,9,10). The van der Waals surface area contributed by atoms with Gasteiger partial charge in [-0.15, -0.1) is 11.3 Å². The first-order valence-electron chi connectivity index (χ1n) is 3.25. The van der Waals surface area contributed by atoms with Gasteiger partial charge in [-0.05, 0) is 13.8 Å². The lowest BCUT2D eigenvalue weighted by molar-refractivity contribution is -0.138. The van der Waals surface area contributed by atoms with Gasteiger partial charge in [-0.1, -0.05) is 0 Å². The molecule has 1 heterocycles. The zero-order valence-electron chi connectivity index (χ0n) is 6.37. The van der Waals surface area contributed by atoms with E-state index in [1.807, 2.05) is 6.92 Å². The topological polar surface area (TPSA) is 50.2 Å². The monoisotopic (exact) mass is 171 g/mol. The van der Waals surface area contributed by atoms with E-state index in [1.54, 1.807) is 12.4 Å². The second-order valence-electron chi connectivity index (χ2n) is 2.36. The second kappa shape index (κ2) is 3.00. The molecule has 0 aromatic carbocycles. The summed E-state index contributed by atoms with van der Waals surface area (Å²) in [5.41, 5.74) is 2.49. The lowest BCUT2D eigenvalue weighted by atomic mass is 10.1. The highest BCUT2D eigenvalue weighted by Crippen LogP contribution is 2.22. The summed E-state index contributed by atoms with van der Waals surface area (Å²) in [4.78, 5) is 15.3. The predicted octanol–water partition coefficient (Wildman–Crippen LogP) is 1.64. The smallest absolute Gasteiger partial charge is 0.311 e. The zero-order chi connectivity index (χ0) is 8.43. The van der Waals surface area contributed by atoms with Crippen molar-refractivity contribution < 1.29 is 9.90 Å². The highest BCUT2D eigenvalue weighted by Gasteiger charge is 2.17. The molecule has 0 aliphatic heterocycles. The van der Waals surface area contributed by atoms with Crippen LogP contribution in [0.4, 0.5) is 0 Å². The molecule has 0 saturated heterocycles. The summed E-state index contributed by atoms with van der Waals surface area (Å²) in [6.45, 7) is 3.49. The SMILES string of the molecule is Cc1ncsc1C(C)C(=O)O. The minimum absolute atomic E-state index is 0.428. The van der Waals surface area contributed by atoms with E-state index in [-0.39, 0.29) is 0 Å². The molecule has 4 heteroatoms. The van der Waals surface area contributed by atoms with Gasteiger partial charge >= 0.3 is 5.97 Å². The summed E-state index contributed by atoms with van der Waals surface area (Å²) in [5, 5.41) is 8.66. The fourth-order valence-corrected chi connectivity index (χ4v) is 1.69. The van der Waals surface area contributed by atoms with Crippen LogP contribution < -0.4 is 0 Å². The molecule has 11 heavy (non-hydrogen) atoms. The van der Waals surface area contributed by atoms with E-state index in [1.165, 1.54) is 11.3 Å². The normalized spacial score (nSPS) is 12.9. The highest BCUT2D eigenvalue weighted by molar-refractivity contribution is 7.10. The average Bonchev–Trinajstić information content (AvgIpc) is 2.33. The van der Waals surface area contributed by atoms with Crippen molar-refractivity contribution in [3.8, 4) is 0 Å². The lowest BCUT2D eigenvalue weighted by Crippen LogP contribution is -2.06. The van der Waals surface area contributed by atoms with Gasteiger partial charge in [-0.3, -0.25) is 4.79 Å². The van der Waals surface area contributed by atoms with E-state index in [0.29, 0.717) is 0 Å². The fraction of sp³-hybridized carbons (Fsp3) is 0.429.